The molecule has 6 heteroatoms. The fourth-order valence-electron chi connectivity index (χ4n) is 2.35. The highest BCUT2D eigenvalue weighted by molar-refractivity contribution is 5.73. The van der Waals surface area contributed by atoms with Crippen LogP contribution in [-0.4, -0.2) is 24.3 Å². The van der Waals surface area contributed by atoms with Crippen LogP contribution in [0.15, 0.2) is 4.99 Å². The first-order valence-corrected chi connectivity index (χ1v) is 4.97. The summed E-state index contributed by atoms with van der Waals surface area (Å²) in [7, 11) is 0. The van der Waals surface area contributed by atoms with Crippen LogP contribution in [0.3, 0.4) is 0 Å². The van der Waals surface area contributed by atoms with E-state index >= 15 is 0 Å². The molecule has 2 unspecified atom stereocenters. The van der Waals surface area contributed by atoms with Crippen molar-refractivity contribution in [3.8, 4) is 0 Å². The zero-order valence-corrected chi connectivity index (χ0v) is 8.18. The first-order valence-electron chi connectivity index (χ1n) is 4.97. The van der Waals surface area contributed by atoms with Gasteiger partial charge in [0.15, 0.2) is 0 Å². The number of alkyl halides is 3. The highest BCUT2D eigenvalue weighted by Gasteiger charge is 2.50. The largest absolute Gasteiger partial charge is 0.457 e. The summed E-state index contributed by atoms with van der Waals surface area (Å²) >= 11 is 0. The van der Waals surface area contributed by atoms with Crippen molar-refractivity contribution in [1.82, 2.24) is 0 Å². The van der Waals surface area contributed by atoms with Crippen LogP contribution in [0, 0.1) is 5.92 Å². The molecule has 1 aliphatic heterocycles. The van der Waals surface area contributed by atoms with Crippen molar-refractivity contribution >= 4 is 6.02 Å². The van der Waals surface area contributed by atoms with Crippen LogP contribution in [0.25, 0.3) is 0 Å². The molecule has 0 aromatic heterocycles. The van der Waals surface area contributed by atoms with Gasteiger partial charge in [0, 0.05) is 6.42 Å². The number of ether oxygens (including phenoxy) is 1. The van der Waals surface area contributed by atoms with Crippen LogP contribution in [0.2, 0.25) is 0 Å². The van der Waals surface area contributed by atoms with Crippen LogP contribution in [0.1, 0.15) is 25.7 Å². The molecule has 1 spiro atoms. The minimum atomic E-state index is -4.13. The summed E-state index contributed by atoms with van der Waals surface area (Å²) in [6.45, 7) is 0.269. The van der Waals surface area contributed by atoms with Gasteiger partial charge in [-0.25, -0.2) is 4.99 Å². The van der Waals surface area contributed by atoms with Gasteiger partial charge in [-0.3, -0.25) is 0 Å². The van der Waals surface area contributed by atoms with Gasteiger partial charge in [0.2, 0.25) is 0 Å². The first-order chi connectivity index (χ1) is 6.91. The van der Waals surface area contributed by atoms with Crippen molar-refractivity contribution in [2.45, 2.75) is 37.5 Å². The van der Waals surface area contributed by atoms with Crippen molar-refractivity contribution in [1.29, 1.82) is 0 Å². The van der Waals surface area contributed by atoms with Crippen molar-refractivity contribution < 1.29 is 17.9 Å². The summed E-state index contributed by atoms with van der Waals surface area (Å²) in [5, 5.41) is 0. The smallest absolute Gasteiger partial charge is 0.391 e. The second-order valence-electron chi connectivity index (χ2n) is 4.27. The highest BCUT2D eigenvalue weighted by atomic mass is 19.4. The molecule has 2 rings (SSSR count). The Bertz CT molecular complexity index is 290. The maximum atomic E-state index is 12.6. The van der Waals surface area contributed by atoms with Crippen molar-refractivity contribution in [3.63, 3.8) is 0 Å². The second-order valence-corrected chi connectivity index (χ2v) is 4.27. The molecule has 2 aliphatic rings. The third-order valence-electron chi connectivity index (χ3n) is 3.11. The molecule has 1 fully saturated rings. The molecule has 86 valence electrons. The zero-order chi connectivity index (χ0) is 11.1. The molecule has 15 heavy (non-hydrogen) atoms. The molecule has 2 N–H and O–H groups in total. The first kappa shape index (κ1) is 10.6. The third-order valence-corrected chi connectivity index (χ3v) is 3.11. The van der Waals surface area contributed by atoms with Gasteiger partial charge in [-0.2, -0.15) is 13.2 Å². The van der Waals surface area contributed by atoms with Crippen molar-refractivity contribution in [3.05, 3.63) is 0 Å². The molecule has 0 bridgehead atoms. The lowest BCUT2D eigenvalue weighted by Gasteiger charge is -2.37. The van der Waals surface area contributed by atoms with Crippen LogP contribution < -0.4 is 5.73 Å². The quantitative estimate of drug-likeness (QED) is 0.679. The molecule has 1 aliphatic carbocycles. The highest BCUT2D eigenvalue weighted by Crippen LogP contribution is 2.44. The lowest BCUT2D eigenvalue weighted by Crippen LogP contribution is -2.43. The number of halogens is 3. The second kappa shape index (κ2) is 3.28. The number of rotatable bonds is 0. The van der Waals surface area contributed by atoms with E-state index in [2.05, 4.69) is 4.99 Å². The number of nitrogens with zero attached hydrogens (tertiary/aromatic N) is 1. The number of aliphatic imine (C=N–C) groups is 1. The Labute approximate surface area is 85.5 Å². The molecule has 0 amide bonds. The van der Waals surface area contributed by atoms with Gasteiger partial charge >= 0.3 is 6.18 Å². The molecule has 0 radical (unpaired) electrons. The lowest BCUT2D eigenvalue weighted by atomic mass is 9.78. The number of amidine groups is 1. The molecule has 0 aromatic rings. The minimum Gasteiger partial charge on any atom is -0.457 e. The molecule has 1 heterocycles. The van der Waals surface area contributed by atoms with E-state index in [4.69, 9.17) is 10.5 Å². The van der Waals surface area contributed by atoms with Gasteiger partial charge in [0.25, 0.3) is 6.02 Å². The normalized spacial score (nSPS) is 36.5. The average Bonchev–Trinajstić information content (AvgIpc) is 2.46. The van der Waals surface area contributed by atoms with E-state index in [9.17, 15) is 13.2 Å². The Balaban J connectivity index is 2.05. The topological polar surface area (TPSA) is 47.6 Å². The Morgan fingerprint density at radius 2 is 2.20 bits per heavy atom. The fourth-order valence-corrected chi connectivity index (χ4v) is 2.35. The van der Waals surface area contributed by atoms with Gasteiger partial charge < -0.3 is 10.5 Å². The lowest BCUT2D eigenvalue weighted by molar-refractivity contribution is -0.196. The Kier molecular flexibility index (Phi) is 2.31. The van der Waals surface area contributed by atoms with Gasteiger partial charge in [0.1, 0.15) is 5.60 Å². The standard InChI is InChI=1S/C9H13F3N2O/c10-9(11,12)6-2-1-3-8(4-6)5-14-7(13)15-8/h6H,1-5H2,(H2,13,14). The molecule has 0 saturated heterocycles. The van der Waals surface area contributed by atoms with Crippen molar-refractivity contribution in [2.75, 3.05) is 6.54 Å². The predicted octanol–water partition coefficient (Wildman–Crippen LogP) is 1.82. The minimum absolute atomic E-state index is 0.0132. The van der Waals surface area contributed by atoms with Gasteiger partial charge in [0.05, 0.1) is 12.5 Å². The summed E-state index contributed by atoms with van der Waals surface area (Å²) in [5.74, 6) is -1.27. The monoisotopic (exact) mass is 222 g/mol. The van der Waals surface area contributed by atoms with Gasteiger partial charge in [-0.05, 0) is 19.3 Å². The van der Waals surface area contributed by atoms with E-state index in [-0.39, 0.29) is 25.4 Å². The Hall–Kier alpha value is -0.940. The van der Waals surface area contributed by atoms with E-state index in [1.54, 1.807) is 0 Å². The van der Waals surface area contributed by atoms with E-state index in [1.807, 2.05) is 0 Å². The van der Waals surface area contributed by atoms with Crippen LogP contribution >= 0.6 is 0 Å². The Morgan fingerprint density at radius 3 is 2.73 bits per heavy atom. The van der Waals surface area contributed by atoms with Crippen molar-refractivity contribution in [2.24, 2.45) is 16.6 Å². The average molecular weight is 222 g/mol. The van der Waals surface area contributed by atoms with E-state index < -0.39 is 17.7 Å². The van der Waals surface area contributed by atoms with E-state index in [0.29, 0.717) is 12.8 Å². The van der Waals surface area contributed by atoms with E-state index in [1.165, 1.54) is 0 Å². The third kappa shape index (κ3) is 2.03. The molecule has 1 saturated carbocycles. The summed E-state index contributed by atoms with van der Waals surface area (Å²) in [6.07, 6.45) is -2.82. The molecular formula is C9H13F3N2O. The van der Waals surface area contributed by atoms with Crippen LogP contribution in [0.4, 0.5) is 13.2 Å². The van der Waals surface area contributed by atoms with Crippen LogP contribution in [-0.2, 0) is 4.74 Å². The fraction of sp³-hybridized carbons (Fsp3) is 0.889. The molecule has 2 atom stereocenters. The summed E-state index contributed by atoms with van der Waals surface area (Å²) in [4.78, 5) is 3.83. The van der Waals surface area contributed by atoms with E-state index in [0.717, 1.165) is 0 Å². The molecule has 3 nitrogen and oxygen atoms in total. The number of hydrogen-bond donors (Lipinski definition) is 1. The summed E-state index contributed by atoms with van der Waals surface area (Å²) in [6, 6.07) is 0.0258. The number of hydrogen-bond acceptors (Lipinski definition) is 3. The van der Waals surface area contributed by atoms with Gasteiger partial charge in [-0.1, -0.05) is 0 Å². The summed E-state index contributed by atoms with van der Waals surface area (Å²) < 4.78 is 42.9. The maximum absolute atomic E-state index is 12.6. The molecule has 0 aromatic carbocycles. The van der Waals surface area contributed by atoms with Gasteiger partial charge in [-0.15, -0.1) is 0 Å². The van der Waals surface area contributed by atoms with Crippen LogP contribution in [0.5, 0.6) is 0 Å². The zero-order valence-electron chi connectivity index (χ0n) is 8.18. The Morgan fingerprint density at radius 1 is 1.47 bits per heavy atom. The SMILES string of the molecule is NC1=NCC2(CCCC(C(F)(F)F)C2)O1. The molecular weight excluding hydrogens is 209 g/mol. The number of nitrogens with two attached hydrogens (primary N) is 1. The maximum Gasteiger partial charge on any atom is 0.391 e. The predicted molar refractivity (Wildman–Crippen MR) is 48.3 cm³/mol. The summed E-state index contributed by atoms with van der Waals surface area (Å²) in [5.41, 5.74) is 4.57.